The fourth-order valence-electron chi connectivity index (χ4n) is 5.06. The third-order valence-corrected chi connectivity index (χ3v) is 8.12. The monoisotopic (exact) mass is 538 g/mol. The molecule has 196 valence electrons. The number of para-hydroxylation sites is 1. The predicted octanol–water partition coefficient (Wildman–Crippen LogP) is 5.83. The first-order chi connectivity index (χ1) is 19.0. The van der Waals surface area contributed by atoms with Gasteiger partial charge in [0.25, 0.3) is 11.8 Å². The molecule has 2 aromatic heterocycles. The summed E-state index contributed by atoms with van der Waals surface area (Å²) < 4.78 is 5.51. The molecule has 8 nitrogen and oxygen atoms in total. The van der Waals surface area contributed by atoms with Crippen LogP contribution in [0.3, 0.4) is 0 Å². The molecule has 0 aliphatic carbocycles. The Morgan fingerprint density at radius 2 is 1.79 bits per heavy atom. The molecule has 0 unspecified atom stereocenters. The number of piperidine rings is 1. The van der Waals surface area contributed by atoms with E-state index >= 15 is 0 Å². The molecule has 3 heterocycles. The number of carbonyl (C=O) groups excluding carboxylic acids is 2. The van der Waals surface area contributed by atoms with Gasteiger partial charge in [-0.2, -0.15) is 0 Å². The molecule has 0 spiro atoms. The van der Waals surface area contributed by atoms with Crippen molar-refractivity contribution in [2.75, 3.05) is 25.5 Å². The van der Waals surface area contributed by atoms with Crippen LogP contribution in [0.1, 0.15) is 44.7 Å². The van der Waals surface area contributed by atoms with Gasteiger partial charge >= 0.3 is 0 Å². The Balaban J connectivity index is 1.12. The smallest absolute Gasteiger partial charge is 0.275 e. The van der Waals surface area contributed by atoms with Crippen LogP contribution >= 0.6 is 11.3 Å². The summed E-state index contributed by atoms with van der Waals surface area (Å²) in [6.07, 6.45) is 1.52. The number of nitrogens with zero attached hydrogens (tertiary/aromatic N) is 3. The minimum atomic E-state index is -0.276. The van der Waals surface area contributed by atoms with Crippen LogP contribution in [0.4, 0.5) is 5.69 Å². The highest BCUT2D eigenvalue weighted by molar-refractivity contribution is 7.10. The van der Waals surface area contributed by atoms with Crippen LogP contribution in [0.25, 0.3) is 21.7 Å². The molecule has 6 rings (SSSR count). The molecule has 1 fully saturated rings. The Labute approximate surface area is 228 Å². The maximum Gasteiger partial charge on any atom is 0.275 e. The SMILES string of the molecule is COc1cc(C(=O)N2CCC(c3nc(C(=O)Nc4cccc5cc(O)ccc45)cs3)CC2)nc2ccccc12. The number of phenols is 1. The lowest BCUT2D eigenvalue weighted by atomic mass is 9.97. The summed E-state index contributed by atoms with van der Waals surface area (Å²) in [6.45, 7) is 1.18. The summed E-state index contributed by atoms with van der Waals surface area (Å²) >= 11 is 1.48. The molecule has 2 N–H and O–H groups in total. The highest BCUT2D eigenvalue weighted by Crippen LogP contribution is 2.32. The second-order valence-electron chi connectivity index (χ2n) is 9.53. The molecule has 0 bridgehead atoms. The Bertz CT molecular complexity index is 1710. The second kappa shape index (κ2) is 10.3. The highest BCUT2D eigenvalue weighted by Gasteiger charge is 2.28. The zero-order valence-electron chi connectivity index (χ0n) is 21.3. The van der Waals surface area contributed by atoms with Gasteiger partial charge in [0.2, 0.25) is 0 Å². The molecule has 0 atom stereocenters. The van der Waals surface area contributed by atoms with E-state index in [2.05, 4.69) is 15.3 Å². The van der Waals surface area contributed by atoms with Crippen molar-refractivity contribution in [2.24, 2.45) is 0 Å². The van der Waals surface area contributed by atoms with Gasteiger partial charge < -0.3 is 20.1 Å². The summed E-state index contributed by atoms with van der Waals surface area (Å²) in [5, 5.41) is 17.9. The van der Waals surface area contributed by atoms with Crippen LogP contribution in [0.5, 0.6) is 11.5 Å². The van der Waals surface area contributed by atoms with Gasteiger partial charge in [0.05, 0.1) is 17.6 Å². The summed E-state index contributed by atoms with van der Waals surface area (Å²) in [6, 6.07) is 19.9. The summed E-state index contributed by atoms with van der Waals surface area (Å²) in [5.74, 6) is 0.604. The molecule has 2 amide bonds. The number of amides is 2. The minimum absolute atomic E-state index is 0.111. The van der Waals surface area contributed by atoms with Gasteiger partial charge in [0.15, 0.2) is 0 Å². The standard InChI is InChI=1S/C30H26N4O4S/c1-38-27-16-25(31-24-7-3-2-6-22(24)27)30(37)34-13-11-18(12-14-34)29-33-26(17-39-29)28(36)32-23-8-4-5-19-15-20(35)9-10-21(19)23/h2-10,15-18,35H,11-14H2,1H3,(H,32,36). The van der Waals surface area contributed by atoms with Crippen LogP contribution in [0.2, 0.25) is 0 Å². The lowest BCUT2D eigenvalue weighted by molar-refractivity contribution is 0.0707. The van der Waals surface area contributed by atoms with Gasteiger partial charge in [-0.1, -0.05) is 24.3 Å². The van der Waals surface area contributed by atoms with Gasteiger partial charge in [0, 0.05) is 46.9 Å². The molecule has 5 aromatic rings. The van der Waals surface area contributed by atoms with Crippen molar-refractivity contribution in [1.29, 1.82) is 0 Å². The number of aromatic hydroxyl groups is 1. The number of rotatable bonds is 5. The number of pyridine rings is 1. The number of aromatic nitrogens is 2. The first kappa shape index (κ1) is 24.8. The number of likely N-dealkylation sites (tertiary alicyclic amines) is 1. The van der Waals surface area contributed by atoms with Crippen LogP contribution in [-0.4, -0.2) is 52.0 Å². The van der Waals surface area contributed by atoms with Gasteiger partial charge in [-0.15, -0.1) is 11.3 Å². The van der Waals surface area contributed by atoms with E-state index in [0.717, 1.165) is 39.5 Å². The number of benzene rings is 3. The normalized spacial score (nSPS) is 14.0. The first-order valence-corrected chi connectivity index (χ1v) is 13.6. The van der Waals surface area contributed by atoms with Crippen LogP contribution < -0.4 is 10.1 Å². The molecule has 3 aromatic carbocycles. The van der Waals surface area contributed by atoms with Crippen LogP contribution in [0, 0.1) is 0 Å². The number of thiazole rings is 1. The molecular formula is C30H26N4O4S. The molecule has 39 heavy (non-hydrogen) atoms. The molecule has 9 heteroatoms. The lowest BCUT2D eigenvalue weighted by Crippen LogP contribution is -2.38. The predicted molar refractivity (Wildman–Crippen MR) is 152 cm³/mol. The Kier molecular flexibility index (Phi) is 6.58. The fraction of sp³-hybridized carbons (Fsp3) is 0.200. The van der Waals surface area contributed by atoms with Gasteiger partial charge in [-0.3, -0.25) is 9.59 Å². The number of ether oxygens (including phenoxy) is 1. The maximum atomic E-state index is 13.3. The van der Waals surface area contributed by atoms with Crippen molar-refractivity contribution in [3.8, 4) is 11.5 Å². The van der Waals surface area contributed by atoms with Crippen molar-refractivity contribution in [3.05, 3.63) is 88.5 Å². The fourth-order valence-corrected chi connectivity index (χ4v) is 6.03. The summed E-state index contributed by atoms with van der Waals surface area (Å²) in [7, 11) is 1.60. The van der Waals surface area contributed by atoms with E-state index < -0.39 is 0 Å². The van der Waals surface area contributed by atoms with E-state index in [1.807, 2.05) is 47.4 Å². The third kappa shape index (κ3) is 4.88. The summed E-state index contributed by atoms with van der Waals surface area (Å²) in [4.78, 5) is 37.3. The van der Waals surface area contributed by atoms with Crippen molar-refractivity contribution in [2.45, 2.75) is 18.8 Å². The second-order valence-corrected chi connectivity index (χ2v) is 10.4. The van der Waals surface area contributed by atoms with Crippen LogP contribution in [0.15, 0.2) is 72.1 Å². The molecule has 0 radical (unpaired) electrons. The summed E-state index contributed by atoms with van der Waals surface area (Å²) in [5.41, 5.74) is 2.14. The molecule has 1 aliphatic heterocycles. The van der Waals surface area contributed by atoms with Gasteiger partial charge in [0.1, 0.15) is 22.9 Å². The first-order valence-electron chi connectivity index (χ1n) is 12.7. The third-order valence-electron chi connectivity index (χ3n) is 7.12. The van der Waals surface area contributed by atoms with E-state index in [-0.39, 0.29) is 23.5 Å². The Hall–Kier alpha value is -4.50. The van der Waals surface area contributed by atoms with Crippen molar-refractivity contribution < 1.29 is 19.4 Å². The zero-order valence-corrected chi connectivity index (χ0v) is 22.1. The number of fused-ring (bicyclic) bond motifs is 2. The lowest BCUT2D eigenvalue weighted by Gasteiger charge is -2.31. The number of carbonyl (C=O) groups is 2. The Morgan fingerprint density at radius 1 is 0.974 bits per heavy atom. The molecular weight excluding hydrogens is 512 g/mol. The van der Waals surface area contributed by atoms with Crippen LogP contribution in [-0.2, 0) is 0 Å². The molecule has 1 saturated heterocycles. The highest BCUT2D eigenvalue weighted by atomic mass is 32.1. The zero-order chi connectivity index (χ0) is 26.9. The number of hydrogen-bond acceptors (Lipinski definition) is 7. The number of nitrogens with one attached hydrogen (secondary N) is 1. The minimum Gasteiger partial charge on any atom is -0.508 e. The topological polar surface area (TPSA) is 105 Å². The largest absolute Gasteiger partial charge is 0.508 e. The van der Waals surface area contributed by atoms with Crippen molar-refractivity contribution in [3.63, 3.8) is 0 Å². The quantitative estimate of drug-likeness (QED) is 0.292. The van der Waals surface area contributed by atoms with E-state index in [0.29, 0.717) is 35.9 Å². The van der Waals surface area contributed by atoms with Crippen molar-refractivity contribution in [1.82, 2.24) is 14.9 Å². The van der Waals surface area contributed by atoms with Gasteiger partial charge in [-0.25, -0.2) is 9.97 Å². The number of phenolic OH excluding ortho intramolecular Hbond substituents is 1. The molecule has 0 saturated carbocycles. The van der Waals surface area contributed by atoms with E-state index in [1.54, 1.807) is 36.8 Å². The average Bonchev–Trinajstić information content (AvgIpc) is 3.47. The number of hydrogen-bond donors (Lipinski definition) is 2. The maximum absolute atomic E-state index is 13.3. The van der Waals surface area contributed by atoms with E-state index in [4.69, 9.17) is 4.74 Å². The number of methoxy groups -OCH3 is 1. The Morgan fingerprint density at radius 3 is 2.62 bits per heavy atom. The van der Waals surface area contributed by atoms with Gasteiger partial charge in [-0.05, 0) is 54.6 Å². The van der Waals surface area contributed by atoms with E-state index in [9.17, 15) is 14.7 Å². The average molecular weight is 539 g/mol. The van der Waals surface area contributed by atoms with Crippen molar-refractivity contribution >= 4 is 50.5 Å². The number of anilines is 1. The molecule has 1 aliphatic rings. The van der Waals surface area contributed by atoms with E-state index in [1.165, 1.54) is 11.3 Å².